The van der Waals surface area contributed by atoms with Crippen LogP contribution in [0.4, 0.5) is 0 Å². The van der Waals surface area contributed by atoms with Crippen molar-refractivity contribution in [3.05, 3.63) is 71.1 Å². The van der Waals surface area contributed by atoms with Gasteiger partial charge in [-0.3, -0.25) is 4.79 Å². The van der Waals surface area contributed by atoms with E-state index in [4.69, 9.17) is 4.42 Å². The molecule has 17 heavy (non-hydrogen) atoms. The van der Waals surface area contributed by atoms with Gasteiger partial charge in [-0.05, 0) is 17.7 Å². The fourth-order valence-corrected chi connectivity index (χ4v) is 1.89. The van der Waals surface area contributed by atoms with Crippen LogP contribution in [0.5, 0.6) is 0 Å². The van der Waals surface area contributed by atoms with Crippen LogP contribution >= 0.6 is 0 Å². The first kappa shape index (κ1) is 9.85. The maximum Gasteiger partial charge on any atom is 1.00 e. The van der Waals surface area contributed by atoms with Crippen molar-refractivity contribution >= 4 is 11.0 Å². The molecule has 0 radical (unpaired) electrons. The van der Waals surface area contributed by atoms with Crippen molar-refractivity contribution in [3.63, 3.8) is 0 Å². The predicted octanol–water partition coefficient (Wildman–Crippen LogP) is 3.57. The van der Waals surface area contributed by atoms with Gasteiger partial charge in [0, 0.05) is 0 Å². The van der Waals surface area contributed by atoms with Gasteiger partial charge in [0.25, 0.3) is 0 Å². The second-order valence-corrected chi connectivity index (χ2v) is 3.84. The molecule has 0 saturated heterocycles. The Morgan fingerprint density at radius 1 is 0.882 bits per heavy atom. The maximum absolute atomic E-state index is 12.3. The Morgan fingerprint density at radius 3 is 2.41 bits per heavy atom. The lowest BCUT2D eigenvalue weighted by Crippen LogP contribution is -2.04. The second kappa shape index (κ2) is 3.91. The van der Waals surface area contributed by atoms with Crippen molar-refractivity contribution in [3.8, 4) is 11.1 Å². The van der Waals surface area contributed by atoms with Crippen LogP contribution in [0.15, 0.2) is 70.1 Å². The number of hydrogen-bond donors (Lipinski definition) is 0. The molecule has 0 amide bonds. The van der Waals surface area contributed by atoms with Crippen molar-refractivity contribution in [1.82, 2.24) is 0 Å². The van der Waals surface area contributed by atoms with E-state index in [1.54, 1.807) is 12.1 Å². The van der Waals surface area contributed by atoms with Gasteiger partial charge in [0.05, 0.1) is 10.9 Å². The van der Waals surface area contributed by atoms with E-state index in [0.29, 0.717) is 16.5 Å². The molecule has 0 aliphatic carbocycles. The zero-order valence-corrected chi connectivity index (χ0v) is 9.09. The van der Waals surface area contributed by atoms with Gasteiger partial charge in [-0.15, -0.1) is 0 Å². The minimum absolute atomic E-state index is 0. The number of fused-ring (bicyclic) bond motifs is 1. The highest BCUT2D eigenvalue weighted by Gasteiger charge is 2.07. The van der Waals surface area contributed by atoms with E-state index >= 15 is 0 Å². The summed E-state index contributed by atoms with van der Waals surface area (Å²) in [7, 11) is 0. The topological polar surface area (TPSA) is 30.2 Å². The smallest absolute Gasteiger partial charge is 0.463 e. The Morgan fingerprint density at radius 2 is 1.59 bits per heavy atom. The summed E-state index contributed by atoms with van der Waals surface area (Å²) >= 11 is 0. The first-order valence-corrected chi connectivity index (χ1v) is 5.42. The quantitative estimate of drug-likeness (QED) is 0.631. The molecular formula is C15H11O2+. The largest absolute Gasteiger partial charge is 1.00 e. The molecule has 2 aromatic carbocycles. The van der Waals surface area contributed by atoms with Gasteiger partial charge in [0.2, 0.25) is 0 Å². The van der Waals surface area contributed by atoms with Crippen LogP contribution in [0.25, 0.3) is 22.1 Å². The Kier molecular flexibility index (Phi) is 2.26. The molecule has 0 N–H and O–H groups in total. The van der Waals surface area contributed by atoms with Crippen LogP contribution in [-0.2, 0) is 0 Å². The van der Waals surface area contributed by atoms with Gasteiger partial charge in [0.15, 0.2) is 5.43 Å². The van der Waals surface area contributed by atoms with Crippen molar-refractivity contribution in [1.29, 1.82) is 0 Å². The maximum atomic E-state index is 12.3. The summed E-state index contributed by atoms with van der Waals surface area (Å²) in [5.41, 5.74) is 2.12. The number of para-hydroxylation sites is 1. The standard InChI is InChI=1S/C15H10O2/c16-15-12-8-4-5-9-14(12)17-10-13(15)11-6-2-1-3-7-11/h1-10H/p+1. The molecule has 0 unspecified atom stereocenters. The first-order valence-electron chi connectivity index (χ1n) is 5.42. The van der Waals surface area contributed by atoms with Crippen LogP contribution in [0, 0.1) is 0 Å². The summed E-state index contributed by atoms with van der Waals surface area (Å²) in [6, 6.07) is 16.8. The monoisotopic (exact) mass is 223 g/mol. The Labute approximate surface area is 99.6 Å². The van der Waals surface area contributed by atoms with Crippen LogP contribution in [0.1, 0.15) is 1.43 Å². The highest BCUT2D eigenvalue weighted by Crippen LogP contribution is 2.18. The third-order valence-corrected chi connectivity index (χ3v) is 2.76. The molecule has 2 nitrogen and oxygen atoms in total. The summed E-state index contributed by atoms with van der Waals surface area (Å²) in [6.45, 7) is 0. The minimum Gasteiger partial charge on any atom is -0.463 e. The summed E-state index contributed by atoms with van der Waals surface area (Å²) < 4.78 is 5.48. The fraction of sp³-hybridized carbons (Fsp3) is 0. The normalized spacial score (nSPS) is 10.6. The molecule has 3 aromatic rings. The van der Waals surface area contributed by atoms with Crippen molar-refractivity contribution in [2.75, 3.05) is 0 Å². The van der Waals surface area contributed by atoms with E-state index in [1.165, 1.54) is 6.26 Å². The van der Waals surface area contributed by atoms with Gasteiger partial charge in [-0.2, -0.15) is 0 Å². The molecule has 0 saturated carbocycles. The van der Waals surface area contributed by atoms with Gasteiger partial charge < -0.3 is 4.42 Å². The third kappa shape index (κ3) is 1.64. The zero-order chi connectivity index (χ0) is 11.7. The lowest BCUT2D eigenvalue weighted by molar-refractivity contribution is 0.604. The lowest BCUT2D eigenvalue weighted by atomic mass is 10.1. The van der Waals surface area contributed by atoms with Gasteiger partial charge in [-0.25, -0.2) is 0 Å². The van der Waals surface area contributed by atoms with Gasteiger partial charge in [-0.1, -0.05) is 42.5 Å². The first-order chi connectivity index (χ1) is 8.36. The van der Waals surface area contributed by atoms with Crippen molar-refractivity contribution < 1.29 is 5.84 Å². The van der Waals surface area contributed by atoms with E-state index in [1.807, 2.05) is 42.5 Å². The number of hydrogen-bond acceptors (Lipinski definition) is 2. The fourth-order valence-electron chi connectivity index (χ4n) is 1.89. The summed E-state index contributed by atoms with van der Waals surface area (Å²) in [5, 5.41) is 0.619. The van der Waals surface area contributed by atoms with Gasteiger partial charge in [0.1, 0.15) is 11.8 Å². The number of benzene rings is 2. The number of rotatable bonds is 1. The zero-order valence-electron chi connectivity index (χ0n) is 10.1. The molecule has 1 heterocycles. The Balaban J connectivity index is 0.00000120. The van der Waals surface area contributed by atoms with Crippen molar-refractivity contribution in [2.45, 2.75) is 0 Å². The summed E-state index contributed by atoms with van der Waals surface area (Å²) in [4.78, 5) is 12.3. The lowest BCUT2D eigenvalue weighted by Gasteiger charge is -2.01. The molecule has 0 fully saturated rings. The molecule has 0 aliphatic heterocycles. The van der Waals surface area contributed by atoms with Crippen LogP contribution in [0.2, 0.25) is 0 Å². The third-order valence-electron chi connectivity index (χ3n) is 2.76. The SMILES string of the molecule is O=c1c(-c2ccccc2)coc2ccccc12.[H+]. The average molecular weight is 223 g/mol. The second-order valence-electron chi connectivity index (χ2n) is 3.84. The van der Waals surface area contributed by atoms with E-state index in [2.05, 4.69) is 0 Å². The summed E-state index contributed by atoms with van der Waals surface area (Å²) in [6.07, 6.45) is 1.53. The van der Waals surface area contributed by atoms with Gasteiger partial charge >= 0.3 is 1.43 Å². The minimum atomic E-state index is 0. The molecule has 0 atom stereocenters. The molecule has 2 heteroatoms. The summed E-state index contributed by atoms with van der Waals surface area (Å²) in [5.74, 6) is 0. The molecule has 82 valence electrons. The molecule has 0 bridgehead atoms. The highest BCUT2D eigenvalue weighted by atomic mass is 16.3. The molecule has 0 spiro atoms. The van der Waals surface area contributed by atoms with Crippen LogP contribution in [-0.4, -0.2) is 0 Å². The van der Waals surface area contributed by atoms with E-state index < -0.39 is 0 Å². The predicted molar refractivity (Wildman–Crippen MR) is 69.0 cm³/mol. The molecule has 0 aliphatic rings. The van der Waals surface area contributed by atoms with E-state index in [-0.39, 0.29) is 6.86 Å². The Hall–Kier alpha value is -2.35. The van der Waals surface area contributed by atoms with Crippen LogP contribution in [0.3, 0.4) is 0 Å². The molecular weight excluding hydrogens is 212 g/mol. The van der Waals surface area contributed by atoms with E-state index in [0.717, 1.165) is 5.56 Å². The molecule has 3 rings (SSSR count). The van der Waals surface area contributed by atoms with E-state index in [9.17, 15) is 4.79 Å². The van der Waals surface area contributed by atoms with Crippen LogP contribution < -0.4 is 5.43 Å². The highest BCUT2D eigenvalue weighted by molar-refractivity contribution is 5.81. The molecule has 1 aromatic heterocycles. The average Bonchev–Trinajstić information content (AvgIpc) is 2.40. The van der Waals surface area contributed by atoms with Crippen molar-refractivity contribution in [2.24, 2.45) is 0 Å². The Bertz CT molecular complexity index is 717.